The van der Waals surface area contributed by atoms with Crippen LogP contribution in [0.15, 0.2) is 12.1 Å². The first-order valence-corrected chi connectivity index (χ1v) is 6.50. The summed E-state index contributed by atoms with van der Waals surface area (Å²) in [4.78, 5) is 11.4. The van der Waals surface area contributed by atoms with Crippen molar-refractivity contribution < 1.29 is 4.79 Å². The first-order valence-electron chi connectivity index (χ1n) is 6.50. The molecule has 0 unspecified atom stereocenters. The van der Waals surface area contributed by atoms with Crippen molar-refractivity contribution in [2.45, 2.75) is 46.5 Å². The van der Waals surface area contributed by atoms with E-state index in [-0.39, 0.29) is 17.7 Å². The molecule has 0 aliphatic carbocycles. The summed E-state index contributed by atoms with van der Waals surface area (Å²) in [6.07, 6.45) is -0.0814. The second kappa shape index (κ2) is 5.88. The smallest absolute Gasteiger partial charge is 0.234 e. The molecule has 0 saturated carbocycles. The van der Waals surface area contributed by atoms with Crippen LogP contribution < -0.4 is 5.32 Å². The molecule has 0 atom stereocenters. The highest BCUT2D eigenvalue weighted by Crippen LogP contribution is 2.29. The Balaban J connectivity index is 2.95. The van der Waals surface area contributed by atoms with Crippen LogP contribution in [-0.4, -0.2) is 12.5 Å². The molecule has 1 amide bonds. The van der Waals surface area contributed by atoms with E-state index in [4.69, 9.17) is 5.26 Å². The third-order valence-electron chi connectivity index (χ3n) is 3.32. The highest BCUT2D eigenvalue weighted by atomic mass is 16.1. The molecule has 0 saturated heterocycles. The lowest BCUT2D eigenvalue weighted by molar-refractivity contribution is -0.120. The highest BCUT2D eigenvalue weighted by molar-refractivity contribution is 5.78. The number of carbonyl (C=O) groups is 1. The fourth-order valence-corrected chi connectivity index (χ4v) is 2.79. The maximum atomic E-state index is 11.4. The topological polar surface area (TPSA) is 52.9 Å². The number of benzene rings is 1. The van der Waals surface area contributed by atoms with Gasteiger partial charge in [0, 0.05) is 12.0 Å². The van der Waals surface area contributed by atoms with Gasteiger partial charge in [-0.25, -0.2) is 0 Å². The zero-order valence-corrected chi connectivity index (χ0v) is 12.4. The molecule has 0 spiro atoms. The minimum atomic E-state index is -0.210. The SMILES string of the molecule is Cc1cc(C)c(C(C)(C)CNC(=O)CC#N)c(C)c1. The second-order valence-electron chi connectivity index (χ2n) is 5.77. The molecule has 0 radical (unpaired) electrons. The maximum Gasteiger partial charge on any atom is 0.234 e. The third-order valence-corrected chi connectivity index (χ3v) is 3.32. The summed E-state index contributed by atoms with van der Waals surface area (Å²) in [7, 11) is 0. The largest absolute Gasteiger partial charge is 0.354 e. The molecular weight excluding hydrogens is 236 g/mol. The van der Waals surface area contributed by atoms with Crippen LogP contribution in [0.4, 0.5) is 0 Å². The summed E-state index contributed by atoms with van der Waals surface area (Å²) in [6.45, 7) is 11.1. The second-order valence-corrected chi connectivity index (χ2v) is 5.77. The van der Waals surface area contributed by atoms with Crippen molar-refractivity contribution in [3.8, 4) is 6.07 Å². The lowest BCUT2D eigenvalue weighted by Crippen LogP contribution is -2.37. The molecule has 1 aromatic carbocycles. The van der Waals surface area contributed by atoms with Crippen LogP contribution in [0, 0.1) is 32.1 Å². The molecule has 1 N–H and O–H groups in total. The zero-order chi connectivity index (χ0) is 14.6. The van der Waals surface area contributed by atoms with Crippen molar-refractivity contribution in [1.29, 1.82) is 5.26 Å². The lowest BCUT2D eigenvalue weighted by atomic mass is 9.78. The van der Waals surface area contributed by atoms with Crippen LogP contribution in [-0.2, 0) is 10.2 Å². The minimum Gasteiger partial charge on any atom is -0.354 e. The Morgan fingerprint density at radius 3 is 2.26 bits per heavy atom. The van der Waals surface area contributed by atoms with Crippen molar-refractivity contribution in [3.63, 3.8) is 0 Å². The molecule has 102 valence electrons. The van der Waals surface area contributed by atoms with Gasteiger partial charge in [-0.3, -0.25) is 4.79 Å². The standard InChI is InChI=1S/C16H22N2O/c1-11-8-12(2)15(13(3)9-11)16(4,5)10-18-14(19)6-7-17/h8-9H,6,10H2,1-5H3,(H,18,19). The zero-order valence-electron chi connectivity index (χ0n) is 12.4. The number of hydrogen-bond acceptors (Lipinski definition) is 2. The molecule has 0 aliphatic rings. The number of nitrogens with zero attached hydrogens (tertiary/aromatic N) is 1. The Morgan fingerprint density at radius 2 is 1.79 bits per heavy atom. The van der Waals surface area contributed by atoms with E-state index in [1.54, 1.807) is 0 Å². The Hall–Kier alpha value is -1.82. The Bertz CT molecular complexity index is 501. The summed E-state index contributed by atoms with van der Waals surface area (Å²) < 4.78 is 0. The van der Waals surface area contributed by atoms with E-state index >= 15 is 0 Å². The van der Waals surface area contributed by atoms with E-state index in [2.05, 4.69) is 52.1 Å². The van der Waals surface area contributed by atoms with Gasteiger partial charge in [-0.1, -0.05) is 31.5 Å². The number of hydrogen-bond donors (Lipinski definition) is 1. The number of amides is 1. The van der Waals surface area contributed by atoms with Crippen molar-refractivity contribution in [1.82, 2.24) is 5.32 Å². The monoisotopic (exact) mass is 258 g/mol. The fourth-order valence-electron chi connectivity index (χ4n) is 2.79. The predicted molar refractivity (Wildman–Crippen MR) is 76.9 cm³/mol. The van der Waals surface area contributed by atoms with E-state index in [0.29, 0.717) is 6.54 Å². The molecule has 0 heterocycles. The summed E-state index contributed by atoms with van der Waals surface area (Å²) >= 11 is 0. The average molecular weight is 258 g/mol. The number of rotatable bonds is 4. The third kappa shape index (κ3) is 3.82. The first-order chi connectivity index (χ1) is 8.77. The summed E-state index contributed by atoms with van der Waals surface area (Å²) in [5, 5.41) is 11.3. The molecule has 19 heavy (non-hydrogen) atoms. The fraction of sp³-hybridized carbons (Fsp3) is 0.500. The van der Waals surface area contributed by atoms with Gasteiger partial charge >= 0.3 is 0 Å². The van der Waals surface area contributed by atoms with E-state index in [1.165, 1.54) is 22.3 Å². The van der Waals surface area contributed by atoms with Gasteiger partial charge in [0.15, 0.2) is 0 Å². The quantitative estimate of drug-likeness (QED) is 0.902. The van der Waals surface area contributed by atoms with Crippen molar-refractivity contribution in [2.75, 3.05) is 6.54 Å². The number of nitriles is 1. The van der Waals surface area contributed by atoms with Gasteiger partial charge in [0.25, 0.3) is 0 Å². The van der Waals surface area contributed by atoms with Crippen LogP contribution in [0.3, 0.4) is 0 Å². The van der Waals surface area contributed by atoms with Crippen LogP contribution in [0.5, 0.6) is 0 Å². The first kappa shape index (κ1) is 15.2. The molecule has 0 bridgehead atoms. The number of carbonyl (C=O) groups excluding carboxylic acids is 1. The van der Waals surface area contributed by atoms with E-state index in [1.807, 2.05) is 6.07 Å². The van der Waals surface area contributed by atoms with E-state index < -0.39 is 0 Å². The van der Waals surface area contributed by atoms with Crippen LogP contribution in [0.25, 0.3) is 0 Å². The molecule has 0 fully saturated rings. The average Bonchev–Trinajstić information content (AvgIpc) is 2.25. The van der Waals surface area contributed by atoms with Gasteiger partial charge < -0.3 is 5.32 Å². The maximum absolute atomic E-state index is 11.4. The Kier molecular flexibility index (Phi) is 4.72. The van der Waals surface area contributed by atoms with Gasteiger partial charge in [-0.2, -0.15) is 5.26 Å². The molecule has 0 aromatic heterocycles. The lowest BCUT2D eigenvalue weighted by Gasteiger charge is -2.29. The Morgan fingerprint density at radius 1 is 1.26 bits per heavy atom. The van der Waals surface area contributed by atoms with Crippen molar-refractivity contribution in [3.05, 3.63) is 34.4 Å². The molecule has 1 aromatic rings. The van der Waals surface area contributed by atoms with Gasteiger partial charge in [-0.05, 0) is 37.5 Å². The van der Waals surface area contributed by atoms with Gasteiger partial charge in [0.05, 0.1) is 6.07 Å². The summed E-state index contributed by atoms with van der Waals surface area (Å²) in [6, 6.07) is 6.20. The van der Waals surface area contributed by atoms with Gasteiger partial charge in [0.1, 0.15) is 6.42 Å². The predicted octanol–water partition coefficient (Wildman–Crippen LogP) is 2.92. The van der Waals surface area contributed by atoms with Crippen molar-refractivity contribution in [2.24, 2.45) is 0 Å². The van der Waals surface area contributed by atoms with Crippen LogP contribution >= 0.6 is 0 Å². The van der Waals surface area contributed by atoms with E-state index in [9.17, 15) is 4.79 Å². The molecule has 0 aliphatic heterocycles. The van der Waals surface area contributed by atoms with Gasteiger partial charge in [-0.15, -0.1) is 0 Å². The molecular formula is C16H22N2O. The molecule has 3 heteroatoms. The van der Waals surface area contributed by atoms with Crippen LogP contribution in [0.2, 0.25) is 0 Å². The summed E-state index contributed by atoms with van der Waals surface area (Å²) in [5.74, 6) is -0.210. The van der Waals surface area contributed by atoms with E-state index in [0.717, 1.165) is 0 Å². The number of aryl methyl sites for hydroxylation is 3. The van der Waals surface area contributed by atoms with Crippen molar-refractivity contribution >= 4 is 5.91 Å². The minimum absolute atomic E-state index is 0.0814. The number of nitrogens with one attached hydrogen (secondary N) is 1. The molecule has 3 nitrogen and oxygen atoms in total. The Labute approximate surface area is 115 Å². The summed E-state index contributed by atoms with van der Waals surface area (Å²) in [5.41, 5.74) is 4.87. The van der Waals surface area contributed by atoms with Crippen LogP contribution in [0.1, 0.15) is 42.5 Å². The highest BCUT2D eigenvalue weighted by Gasteiger charge is 2.25. The van der Waals surface area contributed by atoms with Gasteiger partial charge in [0.2, 0.25) is 5.91 Å². The normalized spacial score (nSPS) is 10.9. The molecule has 1 rings (SSSR count).